The van der Waals surface area contributed by atoms with E-state index in [1.54, 1.807) is 6.92 Å². The summed E-state index contributed by atoms with van der Waals surface area (Å²) in [7, 11) is 0. The van der Waals surface area contributed by atoms with Crippen molar-refractivity contribution in [1.29, 1.82) is 0 Å². The van der Waals surface area contributed by atoms with Gasteiger partial charge in [0.15, 0.2) is 5.78 Å². The molecule has 1 aromatic carbocycles. The average molecular weight is 265 g/mol. The van der Waals surface area contributed by atoms with Crippen LogP contribution in [0.4, 0.5) is 4.39 Å². The highest BCUT2D eigenvalue weighted by Gasteiger charge is 2.31. The second-order valence-corrected chi connectivity index (χ2v) is 5.33. The molecule has 0 aliphatic carbocycles. The molecule has 19 heavy (non-hydrogen) atoms. The van der Waals surface area contributed by atoms with Crippen molar-refractivity contribution in [1.82, 2.24) is 4.90 Å². The monoisotopic (exact) mass is 265 g/mol. The van der Waals surface area contributed by atoms with Gasteiger partial charge in [0.25, 0.3) is 0 Å². The van der Waals surface area contributed by atoms with Crippen molar-refractivity contribution in [2.24, 2.45) is 5.92 Å². The third-order valence-electron chi connectivity index (χ3n) is 3.99. The number of hydrogen-bond donors (Lipinski definition) is 1. The van der Waals surface area contributed by atoms with Crippen LogP contribution >= 0.6 is 0 Å². The molecular formula is C15H20FNO2. The maximum atomic E-state index is 12.8. The smallest absolute Gasteiger partial charge is 0.179 e. The molecule has 4 heteroatoms. The van der Waals surface area contributed by atoms with Crippen LogP contribution in [0.1, 0.15) is 30.6 Å². The first-order chi connectivity index (χ1) is 8.99. The Morgan fingerprint density at radius 1 is 1.37 bits per heavy atom. The highest BCUT2D eigenvalue weighted by molar-refractivity contribution is 5.99. The molecule has 1 N–H and O–H groups in total. The lowest BCUT2D eigenvalue weighted by atomic mass is 10.0. The Morgan fingerprint density at radius 2 is 2.00 bits per heavy atom. The van der Waals surface area contributed by atoms with Crippen molar-refractivity contribution >= 4 is 5.78 Å². The average Bonchev–Trinajstić information content (AvgIpc) is 2.87. The lowest BCUT2D eigenvalue weighted by Crippen LogP contribution is -2.38. The molecule has 0 spiro atoms. The summed E-state index contributed by atoms with van der Waals surface area (Å²) in [5.74, 6) is -0.0887. The van der Waals surface area contributed by atoms with Gasteiger partial charge in [-0.2, -0.15) is 0 Å². The molecule has 0 aromatic heterocycles. The van der Waals surface area contributed by atoms with Gasteiger partial charge in [0.2, 0.25) is 0 Å². The molecular weight excluding hydrogens is 245 g/mol. The van der Waals surface area contributed by atoms with Gasteiger partial charge in [0.1, 0.15) is 5.82 Å². The summed E-state index contributed by atoms with van der Waals surface area (Å²) in [5, 5.41) is 9.58. The van der Waals surface area contributed by atoms with E-state index >= 15 is 0 Å². The van der Waals surface area contributed by atoms with Gasteiger partial charge in [-0.3, -0.25) is 9.69 Å². The summed E-state index contributed by atoms with van der Waals surface area (Å²) in [6.07, 6.45) is 0.580. The normalized spacial score (nSPS) is 23.3. The highest BCUT2D eigenvalue weighted by atomic mass is 19.1. The number of benzene rings is 1. The molecule has 1 aliphatic rings. The molecule has 0 saturated carbocycles. The zero-order valence-corrected chi connectivity index (χ0v) is 11.3. The minimum Gasteiger partial charge on any atom is -0.393 e. The van der Waals surface area contributed by atoms with E-state index in [0.29, 0.717) is 5.56 Å². The van der Waals surface area contributed by atoms with Crippen LogP contribution in [0.2, 0.25) is 0 Å². The second-order valence-electron chi connectivity index (χ2n) is 5.33. The van der Waals surface area contributed by atoms with Gasteiger partial charge in [-0.15, -0.1) is 0 Å². The third kappa shape index (κ3) is 3.19. The number of nitrogens with zero attached hydrogens (tertiary/aromatic N) is 1. The Labute approximate surface area is 113 Å². The lowest BCUT2D eigenvalue weighted by Gasteiger charge is -2.23. The van der Waals surface area contributed by atoms with Crippen molar-refractivity contribution in [3.8, 4) is 0 Å². The largest absolute Gasteiger partial charge is 0.393 e. The number of aliphatic hydroxyl groups excluding tert-OH is 1. The molecule has 0 amide bonds. The Hall–Kier alpha value is -1.26. The predicted molar refractivity (Wildman–Crippen MR) is 71.6 cm³/mol. The zero-order chi connectivity index (χ0) is 14.0. The van der Waals surface area contributed by atoms with Gasteiger partial charge in [0.05, 0.1) is 12.1 Å². The molecule has 2 rings (SSSR count). The summed E-state index contributed by atoms with van der Waals surface area (Å²) in [6.45, 7) is 5.23. The van der Waals surface area contributed by atoms with E-state index < -0.39 is 0 Å². The Kier molecular flexibility index (Phi) is 4.32. The van der Waals surface area contributed by atoms with Crippen molar-refractivity contribution in [2.45, 2.75) is 32.4 Å². The minimum atomic E-state index is -0.335. The Bertz CT molecular complexity index is 444. The molecule has 0 radical (unpaired) electrons. The fourth-order valence-electron chi connectivity index (χ4n) is 2.58. The first-order valence-electron chi connectivity index (χ1n) is 6.71. The molecule has 0 bridgehead atoms. The number of halogens is 1. The maximum Gasteiger partial charge on any atom is 0.179 e. The van der Waals surface area contributed by atoms with E-state index in [1.165, 1.54) is 24.3 Å². The van der Waals surface area contributed by atoms with Crippen LogP contribution in [-0.4, -0.2) is 41.0 Å². The number of Topliss-reactive ketones (excluding diaryl/α,β-unsaturated/α-hetero) is 1. The van der Waals surface area contributed by atoms with Crippen molar-refractivity contribution in [3.05, 3.63) is 35.6 Å². The van der Waals surface area contributed by atoms with Crippen molar-refractivity contribution < 1.29 is 14.3 Å². The minimum absolute atomic E-state index is 0.00578. The van der Waals surface area contributed by atoms with Gasteiger partial charge >= 0.3 is 0 Å². The standard InChI is InChI=1S/C15H20FNO2/c1-10(17-8-7-13(9-17)11(2)18)15(19)12-3-5-14(16)6-4-12/h3-6,10-11,13,18H,7-9H2,1-2H3. The van der Waals surface area contributed by atoms with Crippen LogP contribution in [0.3, 0.4) is 0 Å². The molecule has 3 nitrogen and oxygen atoms in total. The number of carbonyl (C=O) groups is 1. The van der Waals surface area contributed by atoms with E-state index in [0.717, 1.165) is 19.5 Å². The fourth-order valence-corrected chi connectivity index (χ4v) is 2.58. The summed E-state index contributed by atoms with van der Waals surface area (Å²) in [5.41, 5.74) is 0.536. The van der Waals surface area contributed by atoms with E-state index in [4.69, 9.17) is 0 Å². The van der Waals surface area contributed by atoms with Gasteiger partial charge in [-0.05, 0) is 57.0 Å². The summed E-state index contributed by atoms with van der Waals surface area (Å²) >= 11 is 0. The molecule has 1 aromatic rings. The second kappa shape index (κ2) is 5.80. The van der Waals surface area contributed by atoms with Crippen LogP contribution in [0, 0.1) is 11.7 Å². The molecule has 1 fully saturated rings. The highest BCUT2D eigenvalue weighted by Crippen LogP contribution is 2.23. The number of hydrogen-bond acceptors (Lipinski definition) is 3. The Balaban J connectivity index is 2.02. The maximum absolute atomic E-state index is 12.8. The van der Waals surface area contributed by atoms with Crippen LogP contribution in [0.5, 0.6) is 0 Å². The predicted octanol–water partition coefficient (Wildman–Crippen LogP) is 2.10. The Morgan fingerprint density at radius 3 is 2.53 bits per heavy atom. The van der Waals surface area contributed by atoms with E-state index in [2.05, 4.69) is 4.90 Å². The lowest BCUT2D eigenvalue weighted by molar-refractivity contribution is 0.0836. The van der Waals surface area contributed by atoms with Gasteiger partial charge < -0.3 is 5.11 Å². The topological polar surface area (TPSA) is 40.5 Å². The first kappa shape index (κ1) is 14.2. The van der Waals surface area contributed by atoms with Crippen molar-refractivity contribution in [2.75, 3.05) is 13.1 Å². The zero-order valence-electron chi connectivity index (χ0n) is 11.3. The molecule has 3 unspecified atom stereocenters. The third-order valence-corrected chi connectivity index (χ3v) is 3.99. The van der Waals surface area contributed by atoms with Crippen LogP contribution < -0.4 is 0 Å². The first-order valence-corrected chi connectivity index (χ1v) is 6.71. The van der Waals surface area contributed by atoms with E-state index in [1.807, 2.05) is 6.92 Å². The molecule has 104 valence electrons. The fraction of sp³-hybridized carbons (Fsp3) is 0.533. The number of carbonyl (C=O) groups excluding carboxylic acids is 1. The number of ketones is 1. The van der Waals surface area contributed by atoms with Crippen LogP contribution in [0.25, 0.3) is 0 Å². The SMILES string of the molecule is CC(O)C1CCN(C(C)C(=O)c2ccc(F)cc2)C1. The molecule has 1 heterocycles. The number of likely N-dealkylation sites (tertiary alicyclic amines) is 1. The summed E-state index contributed by atoms with van der Waals surface area (Å²) in [6, 6.07) is 5.44. The van der Waals surface area contributed by atoms with Crippen LogP contribution in [-0.2, 0) is 0 Å². The van der Waals surface area contributed by atoms with E-state index in [-0.39, 0.29) is 29.7 Å². The molecule has 1 saturated heterocycles. The quantitative estimate of drug-likeness (QED) is 0.848. The summed E-state index contributed by atoms with van der Waals surface area (Å²) < 4.78 is 12.8. The number of rotatable bonds is 4. The summed E-state index contributed by atoms with van der Waals surface area (Å²) in [4.78, 5) is 14.4. The molecule has 3 atom stereocenters. The van der Waals surface area contributed by atoms with Gasteiger partial charge in [-0.1, -0.05) is 0 Å². The van der Waals surface area contributed by atoms with Crippen LogP contribution in [0.15, 0.2) is 24.3 Å². The van der Waals surface area contributed by atoms with Gasteiger partial charge in [0, 0.05) is 12.1 Å². The number of aliphatic hydroxyl groups is 1. The van der Waals surface area contributed by atoms with E-state index in [9.17, 15) is 14.3 Å². The van der Waals surface area contributed by atoms with Gasteiger partial charge in [-0.25, -0.2) is 4.39 Å². The van der Waals surface area contributed by atoms with Crippen molar-refractivity contribution in [3.63, 3.8) is 0 Å². The molecule has 1 aliphatic heterocycles.